The third-order valence-electron chi connectivity index (χ3n) is 7.34. The lowest BCUT2D eigenvalue weighted by molar-refractivity contribution is -0.140. The maximum absolute atomic E-state index is 14.5. The minimum atomic E-state index is -4.18. The number of nitrogens with zero attached hydrogens (tertiary/aromatic N) is 2. The SMILES string of the molecule is CCCCNC(=O)[C@@H](Cc1ccccc1)N(Cc1ccc(Cl)cc1)C(=O)CN(c1ccc(OC)cc1)S(=O)(=O)c1ccccc1. The highest BCUT2D eigenvalue weighted by Gasteiger charge is 2.34. The van der Waals surface area contributed by atoms with Crippen LogP contribution in [-0.4, -0.2) is 51.4 Å². The monoisotopic (exact) mass is 647 g/mol. The Labute approximate surface area is 270 Å². The molecule has 8 nitrogen and oxygen atoms in total. The van der Waals surface area contributed by atoms with E-state index in [1.54, 1.807) is 66.7 Å². The Morgan fingerprint density at radius 3 is 2.07 bits per heavy atom. The lowest BCUT2D eigenvalue weighted by Gasteiger charge is -2.34. The molecule has 4 aromatic rings. The lowest BCUT2D eigenvalue weighted by atomic mass is 10.0. The number of methoxy groups -OCH3 is 1. The fraction of sp³-hybridized carbons (Fsp3) is 0.257. The molecule has 0 saturated heterocycles. The normalized spacial score (nSPS) is 11.8. The first-order valence-electron chi connectivity index (χ1n) is 14.8. The van der Waals surface area contributed by atoms with Crippen LogP contribution in [0.5, 0.6) is 5.75 Å². The smallest absolute Gasteiger partial charge is 0.264 e. The average Bonchev–Trinajstić information content (AvgIpc) is 3.07. The van der Waals surface area contributed by atoms with Crippen molar-refractivity contribution in [3.8, 4) is 5.75 Å². The van der Waals surface area contributed by atoms with Crippen molar-refractivity contribution in [3.05, 3.63) is 125 Å². The van der Waals surface area contributed by atoms with Crippen LogP contribution in [0.1, 0.15) is 30.9 Å². The van der Waals surface area contributed by atoms with Gasteiger partial charge in [0, 0.05) is 24.5 Å². The third kappa shape index (κ3) is 9.09. The summed E-state index contributed by atoms with van der Waals surface area (Å²) in [7, 11) is -2.66. The molecule has 0 heterocycles. The van der Waals surface area contributed by atoms with Gasteiger partial charge in [-0.05, 0) is 66.1 Å². The number of ether oxygens (including phenoxy) is 1. The van der Waals surface area contributed by atoms with E-state index < -0.39 is 28.5 Å². The van der Waals surface area contributed by atoms with E-state index in [0.717, 1.165) is 28.3 Å². The molecule has 2 amide bonds. The zero-order valence-electron chi connectivity index (χ0n) is 25.4. The van der Waals surface area contributed by atoms with Gasteiger partial charge >= 0.3 is 0 Å². The Hall–Kier alpha value is -4.34. The predicted molar refractivity (Wildman–Crippen MR) is 178 cm³/mol. The molecule has 236 valence electrons. The van der Waals surface area contributed by atoms with Gasteiger partial charge in [-0.1, -0.05) is 85.6 Å². The van der Waals surface area contributed by atoms with Crippen molar-refractivity contribution in [1.29, 1.82) is 0 Å². The highest BCUT2D eigenvalue weighted by atomic mass is 35.5. The van der Waals surface area contributed by atoms with Gasteiger partial charge in [-0.15, -0.1) is 0 Å². The van der Waals surface area contributed by atoms with E-state index in [4.69, 9.17) is 16.3 Å². The summed E-state index contributed by atoms with van der Waals surface area (Å²) in [6, 6.07) is 30.0. The first kappa shape index (κ1) is 33.6. The zero-order valence-corrected chi connectivity index (χ0v) is 27.0. The molecule has 0 spiro atoms. The van der Waals surface area contributed by atoms with Gasteiger partial charge in [0.1, 0.15) is 18.3 Å². The van der Waals surface area contributed by atoms with Crippen molar-refractivity contribution >= 4 is 39.1 Å². The molecule has 0 fully saturated rings. The second kappa shape index (κ2) is 16.1. The lowest BCUT2D eigenvalue weighted by Crippen LogP contribution is -2.53. The number of unbranched alkanes of at least 4 members (excludes halogenated alkanes) is 1. The first-order valence-corrected chi connectivity index (χ1v) is 16.6. The van der Waals surface area contributed by atoms with Gasteiger partial charge in [-0.25, -0.2) is 8.42 Å². The van der Waals surface area contributed by atoms with E-state index in [2.05, 4.69) is 5.32 Å². The summed E-state index contributed by atoms with van der Waals surface area (Å²) in [5.74, 6) is -0.304. The maximum Gasteiger partial charge on any atom is 0.264 e. The van der Waals surface area contributed by atoms with Crippen LogP contribution in [-0.2, 0) is 32.6 Å². The van der Waals surface area contributed by atoms with E-state index in [0.29, 0.717) is 17.3 Å². The number of nitrogens with one attached hydrogen (secondary N) is 1. The van der Waals surface area contributed by atoms with E-state index >= 15 is 0 Å². The van der Waals surface area contributed by atoms with Crippen molar-refractivity contribution in [2.45, 2.75) is 43.7 Å². The molecule has 0 aliphatic heterocycles. The van der Waals surface area contributed by atoms with Crippen LogP contribution in [0.4, 0.5) is 5.69 Å². The highest BCUT2D eigenvalue weighted by Crippen LogP contribution is 2.27. The minimum Gasteiger partial charge on any atom is -0.497 e. The molecule has 4 aromatic carbocycles. The van der Waals surface area contributed by atoms with Crippen molar-refractivity contribution in [1.82, 2.24) is 10.2 Å². The van der Waals surface area contributed by atoms with E-state index in [1.165, 1.54) is 24.1 Å². The number of anilines is 1. The zero-order chi connectivity index (χ0) is 32.2. The fourth-order valence-electron chi connectivity index (χ4n) is 4.84. The molecule has 0 aliphatic carbocycles. The van der Waals surface area contributed by atoms with Crippen molar-refractivity contribution < 1.29 is 22.7 Å². The summed E-state index contributed by atoms with van der Waals surface area (Å²) in [5.41, 5.74) is 1.89. The van der Waals surface area contributed by atoms with Gasteiger partial charge in [0.2, 0.25) is 11.8 Å². The van der Waals surface area contributed by atoms with E-state index in [9.17, 15) is 18.0 Å². The molecule has 4 rings (SSSR count). The second-order valence-electron chi connectivity index (χ2n) is 10.5. The Morgan fingerprint density at radius 1 is 0.844 bits per heavy atom. The van der Waals surface area contributed by atoms with Gasteiger partial charge in [-0.3, -0.25) is 13.9 Å². The molecule has 10 heteroatoms. The summed E-state index contributed by atoms with van der Waals surface area (Å²) in [5, 5.41) is 3.52. The number of carbonyl (C=O) groups excluding carboxylic acids is 2. The number of amides is 2. The summed E-state index contributed by atoms with van der Waals surface area (Å²) in [4.78, 5) is 29.7. The molecule has 0 unspecified atom stereocenters. The Morgan fingerprint density at radius 2 is 1.47 bits per heavy atom. The average molecular weight is 648 g/mol. The highest BCUT2D eigenvalue weighted by molar-refractivity contribution is 7.92. The van der Waals surface area contributed by atoms with Gasteiger partial charge in [0.25, 0.3) is 10.0 Å². The van der Waals surface area contributed by atoms with E-state index in [-0.39, 0.29) is 29.5 Å². The molecule has 0 bridgehead atoms. The Bertz CT molecular complexity index is 1630. The molecule has 1 atom stereocenters. The molecular weight excluding hydrogens is 610 g/mol. The number of hydrogen-bond acceptors (Lipinski definition) is 5. The molecule has 1 N–H and O–H groups in total. The summed E-state index contributed by atoms with van der Waals surface area (Å²) in [6.07, 6.45) is 1.92. The first-order chi connectivity index (χ1) is 21.7. The Kier molecular flexibility index (Phi) is 12.0. The minimum absolute atomic E-state index is 0.0380. The topological polar surface area (TPSA) is 96.0 Å². The third-order valence-corrected chi connectivity index (χ3v) is 9.38. The quantitative estimate of drug-likeness (QED) is 0.157. The second-order valence-corrected chi connectivity index (χ2v) is 12.8. The fourth-order valence-corrected chi connectivity index (χ4v) is 6.40. The molecule has 45 heavy (non-hydrogen) atoms. The largest absolute Gasteiger partial charge is 0.497 e. The predicted octanol–water partition coefficient (Wildman–Crippen LogP) is 6.10. The molecular formula is C35H38ClN3O5S. The van der Waals surface area contributed by atoms with Crippen LogP contribution in [0.2, 0.25) is 5.02 Å². The number of hydrogen-bond donors (Lipinski definition) is 1. The van der Waals surface area contributed by atoms with Crippen LogP contribution in [0.3, 0.4) is 0 Å². The number of carbonyl (C=O) groups is 2. The van der Waals surface area contributed by atoms with Crippen molar-refractivity contribution in [3.63, 3.8) is 0 Å². The molecule has 0 aromatic heterocycles. The molecule has 0 aliphatic rings. The summed E-state index contributed by atoms with van der Waals surface area (Å²) in [6.45, 7) is 2.02. The molecule has 0 radical (unpaired) electrons. The van der Waals surface area contributed by atoms with Gasteiger partial charge in [0.15, 0.2) is 0 Å². The van der Waals surface area contributed by atoms with Crippen LogP contribution >= 0.6 is 11.6 Å². The van der Waals surface area contributed by atoms with Crippen LogP contribution in [0, 0.1) is 0 Å². The van der Waals surface area contributed by atoms with Gasteiger partial charge in [-0.2, -0.15) is 0 Å². The van der Waals surface area contributed by atoms with Gasteiger partial charge in [0.05, 0.1) is 17.7 Å². The van der Waals surface area contributed by atoms with Crippen molar-refractivity contribution in [2.24, 2.45) is 0 Å². The number of halogens is 1. The standard InChI is InChI=1S/C35H38ClN3O5S/c1-3-4-23-37-35(41)33(24-27-11-7-5-8-12-27)38(25-28-15-17-29(36)18-16-28)34(40)26-39(30-19-21-31(44-2)22-20-30)45(42,43)32-13-9-6-10-14-32/h5-22,33H,3-4,23-26H2,1-2H3,(H,37,41)/t33-/m1/s1. The molecule has 0 saturated carbocycles. The van der Waals surface area contributed by atoms with Crippen LogP contribution < -0.4 is 14.4 Å². The van der Waals surface area contributed by atoms with Crippen molar-refractivity contribution in [2.75, 3.05) is 24.5 Å². The van der Waals surface area contributed by atoms with Gasteiger partial charge < -0.3 is 15.0 Å². The number of benzene rings is 4. The number of sulfonamides is 1. The van der Waals surface area contributed by atoms with Crippen LogP contribution in [0.25, 0.3) is 0 Å². The number of rotatable bonds is 15. The maximum atomic E-state index is 14.5. The van der Waals surface area contributed by atoms with E-state index in [1.807, 2.05) is 37.3 Å². The summed E-state index contributed by atoms with van der Waals surface area (Å²) >= 11 is 6.14. The Balaban J connectivity index is 1.77. The summed E-state index contributed by atoms with van der Waals surface area (Å²) < 4.78 is 34.4. The van der Waals surface area contributed by atoms with Crippen LogP contribution in [0.15, 0.2) is 114 Å².